The van der Waals surface area contributed by atoms with Gasteiger partial charge in [0.1, 0.15) is 18.5 Å². The zero-order valence-corrected chi connectivity index (χ0v) is 22.0. The highest BCUT2D eigenvalue weighted by molar-refractivity contribution is 7.98. The highest BCUT2D eigenvalue weighted by atomic mass is 35.5. The van der Waals surface area contributed by atoms with E-state index in [4.69, 9.17) is 16.3 Å². The van der Waals surface area contributed by atoms with Gasteiger partial charge in [0.05, 0.1) is 6.04 Å². The van der Waals surface area contributed by atoms with Gasteiger partial charge in [0.25, 0.3) is 5.91 Å². The molecule has 0 radical (unpaired) electrons. The van der Waals surface area contributed by atoms with Crippen molar-refractivity contribution in [3.8, 4) is 5.75 Å². The molecule has 0 N–H and O–H groups in total. The normalized spacial score (nSPS) is 17.6. The van der Waals surface area contributed by atoms with Crippen LogP contribution in [0.5, 0.6) is 5.75 Å². The molecule has 7 nitrogen and oxygen atoms in total. The minimum Gasteiger partial charge on any atom is -0.420 e. The highest BCUT2D eigenvalue weighted by Crippen LogP contribution is 2.46. The quantitative estimate of drug-likeness (QED) is 0.310. The number of nitrogens with zero attached hydrogens (tertiary/aromatic N) is 3. The van der Waals surface area contributed by atoms with Crippen LogP contribution in [0.25, 0.3) is 0 Å². The molecular formula is C26H20ClF4N3O4S. The van der Waals surface area contributed by atoms with Gasteiger partial charge in [-0.25, -0.2) is 4.39 Å². The zero-order valence-electron chi connectivity index (χ0n) is 20.5. The van der Waals surface area contributed by atoms with Crippen molar-refractivity contribution in [1.29, 1.82) is 0 Å². The van der Waals surface area contributed by atoms with E-state index in [0.717, 1.165) is 19.9 Å². The summed E-state index contributed by atoms with van der Waals surface area (Å²) in [6.45, 7) is 1.23. The Morgan fingerprint density at radius 2 is 1.82 bits per heavy atom. The van der Waals surface area contributed by atoms with Crippen LogP contribution in [-0.2, 0) is 10.5 Å². The Morgan fingerprint density at radius 1 is 1.13 bits per heavy atom. The molecule has 0 bridgehead atoms. The molecule has 39 heavy (non-hydrogen) atoms. The van der Waals surface area contributed by atoms with Gasteiger partial charge in [-0.2, -0.15) is 13.2 Å². The molecule has 3 aromatic rings. The van der Waals surface area contributed by atoms with Gasteiger partial charge in [-0.3, -0.25) is 24.1 Å². The minimum absolute atomic E-state index is 0.268. The van der Waals surface area contributed by atoms with E-state index in [0.29, 0.717) is 26.6 Å². The van der Waals surface area contributed by atoms with E-state index in [-0.39, 0.29) is 10.6 Å². The van der Waals surface area contributed by atoms with Crippen LogP contribution < -0.4 is 15.2 Å². The monoisotopic (exact) mass is 581 g/mol. The van der Waals surface area contributed by atoms with Crippen molar-refractivity contribution in [2.24, 2.45) is 0 Å². The summed E-state index contributed by atoms with van der Waals surface area (Å²) in [6, 6.07) is 7.30. The first-order chi connectivity index (χ1) is 18.4. The predicted octanol–water partition coefficient (Wildman–Crippen LogP) is 5.26. The lowest BCUT2D eigenvalue weighted by Crippen LogP contribution is -2.60. The number of fused-ring (bicyclic) bond motifs is 3. The summed E-state index contributed by atoms with van der Waals surface area (Å²) < 4.78 is 63.2. The summed E-state index contributed by atoms with van der Waals surface area (Å²) in [4.78, 5) is 38.8. The van der Waals surface area contributed by atoms with Crippen LogP contribution in [-0.4, -0.2) is 40.3 Å². The lowest BCUT2D eigenvalue weighted by molar-refractivity contribution is -0.173. The summed E-state index contributed by atoms with van der Waals surface area (Å²) in [7, 11) is 0. The molecule has 2 aliphatic heterocycles. The summed E-state index contributed by atoms with van der Waals surface area (Å²) >= 11 is 7.72. The molecule has 5 rings (SSSR count). The topological polar surface area (TPSA) is 71.8 Å². The van der Waals surface area contributed by atoms with Crippen molar-refractivity contribution in [3.63, 3.8) is 0 Å². The average Bonchev–Trinajstić information content (AvgIpc) is 3.03. The summed E-state index contributed by atoms with van der Waals surface area (Å²) in [5, 5.41) is 1.79. The lowest BCUT2D eigenvalue weighted by Gasteiger charge is -2.46. The zero-order chi connectivity index (χ0) is 28.2. The molecule has 2 atom stereocenters. The Kier molecular flexibility index (Phi) is 6.88. The minimum atomic E-state index is -4.81. The number of halogens is 5. The average molecular weight is 582 g/mol. The predicted molar refractivity (Wildman–Crippen MR) is 136 cm³/mol. The van der Waals surface area contributed by atoms with Crippen LogP contribution in [0.2, 0.25) is 5.02 Å². The first-order valence-corrected chi connectivity index (χ1v) is 13.0. The van der Waals surface area contributed by atoms with Gasteiger partial charge in [0.15, 0.2) is 5.69 Å². The van der Waals surface area contributed by atoms with E-state index in [9.17, 15) is 27.6 Å². The molecule has 0 saturated carbocycles. The first-order valence-electron chi connectivity index (χ1n) is 11.7. The molecule has 0 fully saturated rings. The number of esters is 1. The third-order valence-corrected chi connectivity index (χ3v) is 8.17. The number of alkyl halides is 3. The molecule has 13 heteroatoms. The molecule has 3 heterocycles. The van der Waals surface area contributed by atoms with E-state index in [1.165, 1.54) is 39.8 Å². The number of benzene rings is 2. The molecule has 0 saturated heterocycles. The Bertz CT molecular complexity index is 1510. The van der Waals surface area contributed by atoms with Crippen LogP contribution in [0.1, 0.15) is 47.1 Å². The first kappa shape index (κ1) is 27.1. The van der Waals surface area contributed by atoms with Gasteiger partial charge in [0, 0.05) is 34.9 Å². The summed E-state index contributed by atoms with van der Waals surface area (Å²) in [6.07, 6.45) is -3.59. The molecule has 0 aliphatic carbocycles. The maximum atomic E-state index is 15.1. The van der Waals surface area contributed by atoms with Crippen molar-refractivity contribution in [1.82, 2.24) is 9.58 Å². The number of carbonyl (C=O) groups is 2. The van der Waals surface area contributed by atoms with Crippen molar-refractivity contribution in [2.45, 2.75) is 42.8 Å². The molecule has 1 amide bonds. The Labute approximate surface area is 228 Å². The van der Waals surface area contributed by atoms with Crippen molar-refractivity contribution >= 4 is 35.2 Å². The standard InChI is InChI=1S/C26H20ClF4N3O4S/c1-13(26(29,30)31)32-12-34(33-10-9-20(36)23(38-14(2)35)22(33)25(32)37)21-15-5-3-7-18(27)17(15)11-39-24-16(21)6-4-8-19(24)28/h3-10,13,21H,11-12H2,1-2H3/t13-,21?/m1/s1. The second-order valence-electron chi connectivity index (χ2n) is 9.03. The number of hydrogen-bond donors (Lipinski definition) is 0. The van der Waals surface area contributed by atoms with E-state index in [1.54, 1.807) is 24.3 Å². The maximum absolute atomic E-state index is 15.1. The highest BCUT2D eigenvalue weighted by Gasteiger charge is 2.48. The molecule has 0 spiro atoms. The number of aromatic nitrogens is 1. The third-order valence-electron chi connectivity index (χ3n) is 6.66. The second kappa shape index (κ2) is 9.91. The van der Waals surface area contributed by atoms with Gasteiger partial charge in [0.2, 0.25) is 11.2 Å². The van der Waals surface area contributed by atoms with Crippen molar-refractivity contribution in [3.05, 3.63) is 92.1 Å². The fourth-order valence-electron chi connectivity index (χ4n) is 4.78. The largest absolute Gasteiger partial charge is 0.420 e. The van der Waals surface area contributed by atoms with E-state index in [1.807, 2.05) is 0 Å². The second-order valence-corrected chi connectivity index (χ2v) is 10.4. The Balaban J connectivity index is 1.83. The van der Waals surface area contributed by atoms with Gasteiger partial charge in [-0.1, -0.05) is 35.9 Å². The number of rotatable bonds is 3. The van der Waals surface area contributed by atoms with Gasteiger partial charge < -0.3 is 9.64 Å². The number of amides is 1. The van der Waals surface area contributed by atoms with Gasteiger partial charge in [-0.15, -0.1) is 11.8 Å². The summed E-state index contributed by atoms with van der Waals surface area (Å²) in [5.41, 5.74) is 0.219. The van der Waals surface area contributed by atoms with Crippen LogP contribution in [0.15, 0.2) is 58.4 Å². The van der Waals surface area contributed by atoms with E-state index >= 15 is 4.39 Å². The van der Waals surface area contributed by atoms with Crippen molar-refractivity contribution < 1.29 is 31.9 Å². The van der Waals surface area contributed by atoms with E-state index < -0.39 is 59.5 Å². The molecular weight excluding hydrogens is 562 g/mol. The Morgan fingerprint density at radius 3 is 2.51 bits per heavy atom. The van der Waals surface area contributed by atoms with Crippen LogP contribution >= 0.6 is 23.4 Å². The third kappa shape index (κ3) is 4.65. The summed E-state index contributed by atoms with van der Waals surface area (Å²) in [5.74, 6) is -3.03. The Hall–Kier alpha value is -3.51. The van der Waals surface area contributed by atoms with Crippen molar-refractivity contribution in [2.75, 3.05) is 11.7 Å². The number of hydrogen-bond acceptors (Lipinski definition) is 6. The molecule has 1 aromatic heterocycles. The fourth-order valence-corrected chi connectivity index (χ4v) is 6.27. The smallest absolute Gasteiger partial charge is 0.408 e. The maximum Gasteiger partial charge on any atom is 0.408 e. The number of pyridine rings is 1. The van der Waals surface area contributed by atoms with Gasteiger partial charge in [-0.05, 0) is 35.7 Å². The van der Waals surface area contributed by atoms with Gasteiger partial charge >= 0.3 is 12.1 Å². The fraction of sp³-hybridized carbons (Fsp3) is 0.269. The lowest BCUT2D eigenvalue weighted by atomic mass is 9.94. The van der Waals surface area contributed by atoms with E-state index in [2.05, 4.69) is 0 Å². The number of ether oxygens (including phenoxy) is 1. The molecule has 2 aromatic carbocycles. The van der Waals surface area contributed by atoms with Crippen LogP contribution in [0.4, 0.5) is 17.6 Å². The molecule has 204 valence electrons. The molecule has 1 unspecified atom stereocenters. The van der Waals surface area contributed by atoms with Crippen LogP contribution in [0, 0.1) is 5.82 Å². The van der Waals surface area contributed by atoms with Crippen LogP contribution in [0.3, 0.4) is 0 Å². The number of thioether (sulfide) groups is 1. The SMILES string of the molecule is CC(=O)Oc1c2n(ccc1=O)N(C1c3cccc(Cl)c3CSc3c(F)cccc31)CN([C@H](C)C(F)(F)F)C2=O. The number of carbonyl (C=O) groups excluding carboxylic acids is 2. The molecule has 2 aliphatic rings.